The number of nitrogens with zero attached hydrogens (tertiary/aromatic N) is 3. The van der Waals surface area contributed by atoms with Crippen molar-refractivity contribution in [2.24, 2.45) is 0 Å². The van der Waals surface area contributed by atoms with Crippen molar-refractivity contribution >= 4 is 11.4 Å². The molecule has 6 nitrogen and oxygen atoms in total. The number of benzene rings is 1. The average molecular weight is 286 g/mol. The number of pyridine rings is 1. The number of non-ortho nitro benzene ring substituents is 1. The topological polar surface area (TPSA) is 71.3 Å². The Hall–Kier alpha value is -2.47. The third-order valence-corrected chi connectivity index (χ3v) is 3.17. The minimum atomic E-state index is -0.373. The Morgan fingerprint density at radius 1 is 1.29 bits per heavy atom. The van der Waals surface area contributed by atoms with Gasteiger partial charge in [-0.1, -0.05) is 6.07 Å². The van der Waals surface area contributed by atoms with Gasteiger partial charge in [0.05, 0.1) is 10.6 Å². The maximum absolute atomic E-state index is 10.9. The minimum absolute atomic E-state index is 0.107. The summed E-state index contributed by atoms with van der Waals surface area (Å²) in [5.41, 5.74) is 2.87. The maximum atomic E-state index is 10.9. The lowest BCUT2D eigenvalue weighted by Gasteiger charge is -2.18. The quantitative estimate of drug-likeness (QED) is 0.653. The molecule has 0 amide bonds. The molecule has 0 aliphatic heterocycles. The van der Waals surface area contributed by atoms with Crippen LogP contribution in [0.1, 0.15) is 11.3 Å². The fourth-order valence-corrected chi connectivity index (χ4v) is 2.18. The average Bonchev–Trinajstić information content (AvgIpc) is 2.48. The van der Waals surface area contributed by atoms with Gasteiger partial charge >= 0.3 is 0 Å². The zero-order valence-electron chi connectivity index (χ0n) is 12.1. The summed E-state index contributed by atoms with van der Waals surface area (Å²) in [6.07, 6.45) is 1.76. The molecule has 1 aromatic carbocycles. The largest absolute Gasteiger partial charge is 0.388 e. The van der Waals surface area contributed by atoms with Crippen molar-refractivity contribution in [1.29, 1.82) is 0 Å². The molecule has 0 aliphatic carbocycles. The molecule has 2 aromatic rings. The smallest absolute Gasteiger partial charge is 0.269 e. The molecule has 0 saturated carbocycles. The molecule has 0 unspecified atom stereocenters. The van der Waals surface area contributed by atoms with Crippen molar-refractivity contribution in [3.8, 4) is 0 Å². The first-order valence-corrected chi connectivity index (χ1v) is 6.63. The summed E-state index contributed by atoms with van der Waals surface area (Å²) in [5.74, 6) is 0. The third kappa shape index (κ3) is 4.00. The van der Waals surface area contributed by atoms with Gasteiger partial charge in [-0.15, -0.1) is 0 Å². The number of nitro benzene ring substituents is 1. The highest BCUT2D eigenvalue weighted by Gasteiger charge is 2.12. The zero-order valence-corrected chi connectivity index (χ0v) is 12.1. The molecule has 0 radical (unpaired) electrons. The van der Waals surface area contributed by atoms with Gasteiger partial charge in [0.2, 0.25) is 0 Å². The lowest BCUT2D eigenvalue weighted by Crippen LogP contribution is -2.18. The molecule has 0 atom stereocenters. The molecule has 6 heteroatoms. The molecule has 110 valence electrons. The Bertz CT molecular complexity index is 616. The van der Waals surface area contributed by atoms with Crippen molar-refractivity contribution in [2.75, 3.05) is 19.4 Å². The van der Waals surface area contributed by atoms with E-state index < -0.39 is 0 Å². The van der Waals surface area contributed by atoms with Gasteiger partial charge < -0.3 is 5.32 Å². The van der Waals surface area contributed by atoms with E-state index in [1.165, 1.54) is 6.07 Å². The summed E-state index contributed by atoms with van der Waals surface area (Å²) in [7, 11) is 3.77. The number of hydrogen-bond acceptors (Lipinski definition) is 5. The number of anilines is 1. The molecule has 0 bridgehead atoms. The summed E-state index contributed by atoms with van der Waals surface area (Å²) < 4.78 is 0. The highest BCUT2D eigenvalue weighted by molar-refractivity contribution is 5.55. The van der Waals surface area contributed by atoms with Crippen molar-refractivity contribution in [2.45, 2.75) is 13.1 Å². The Morgan fingerprint density at radius 2 is 2.10 bits per heavy atom. The third-order valence-electron chi connectivity index (χ3n) is 3.17. The minimum Gasteiger partial charge on any atom is -0.388 e. The molecule has 0 spiro atoms. The maximum Gasteiger partial charge on any atom is 0.269 e. The summed E-state index contributed by atoms with van der Waals surface area (Å²) in [6.45, 7) is 1.29. The second-order valence-corrected chi connectivity index (χ2v) is 4.84. The van der Waals surface area contributed by atoms with Gasteiger partial charge in [0.25, 0.3) is 5.69 Å². The van der Waals surface area contributed by atoms with Crippen LogP contribution in [-0.4, -0.2) is 28.9 Å². The van der Waals surface area contributed by atoms with E-state index in [1.54, 1.807) is 18.3 Å². The van der Waals surface area contributed by atoms with Crippen LogP contribution in [0.5, 0.6) is 0 Å². The van der Waals surface area contributed by atoms with Crippen LogP contribution in [0.15, 0.2) is 42.6 Å². The zero-order chi connectivity index (χ0) is 15.2. The van der Waals surface area contributed by atoms with E-state index in [0.717, 1.165) is 16.9 Å². The molecule has 1 aromatic heterocycles. The van der Waals surface area contributed by atoms with Crippen molar-refractivity contribution in [3.05, 3.63) is 64.0 Å². The van der Waals surface area contributed by atoms with Crippen LogP contribution in [0, 0.1) is 10.1 Å². The van der Waals surface area contributed by atoms with E-state index in [-0.39, 0.29) is 10.6 Å². The first kappa shape index (κ1) is 14.9. The van der Waals surface area contributed by atoms with Gasteiger partial charge in [0, 0.05) is 44.2 Å². The van der Waals surface area contributed by atoms with Crippen LogP contribution >= 0.6 is 0 Å². The van der Waals surface area contributed by atoms with E-state index in [9.17, 15) is 10.1 Å². The molecule has 21 heavy (non-hydrogen) atoms. The van der Waals surface area contributed by atoms with Crippen LogP contribution in [0.3, 0.4) is 0 Å². The molecule has 2 rings (SSSR count). The SMILES string of the molecule is CNc1ccc([N+](=O)[O-])cc1CN(C)Cc1ccccn1. The van der Waals surface area contributed by atoms with Gasteiger partial charge in [-0.25, -0.2) is 0 Å². The Morgan fingerprint density at radius 3 is 2.71 bits per heavy atom. The van der Waals surface area contributed by atoms with Gasteiger partial charge in [0.1, 0.15) is 0 Å². The normalized spacial score (nSPS) is 10.6. The number of aromatic nitrogens is 1. The lowest BCUT2D eigenvalue weighted by molar-refractivity contribution is -0.384. The van der Waals surface area contributed by atoms with Gasteiger partial charge in [-0.2, -0.15) is 0 Å². The predicted molar refractivity (Wildman–Crippen MR) is 82.1 cm³/mol. The summed E-state index contributed by atoms with van der Waals surface area (Å²) >= 11 is 0. The van der Waals surface area contributed by atoms with Crippen molar-refractivity contribution in [3.63, 3.8) is 0 Å². The summed E-state index contributed by atoms with van der Waals surface area (Å²) in [5, 5.41) is 14.0. The standard InChI is InChI=1S/C15H18N4O2/c1-16-15-7-6-14(19(20)21)9-12(15)10-18(2)11-13-5-3-4-8-17-13/h3-9,16H,10-11H2,1-2H3. The van der Waals surface area contributed by atoms with Crippen molar-refractivity contribution in [1.82, 2.24) is 9.88 Å². The molecule has 0 saturated heterocycles. The highest BCUT2D eigenvalue weighted by Crippen LogP contribution is 2.23. The van der Waals surface area contributed by atoms with E-state index in [2.05, 4.69) is 15.2 Å². The molecule has 1 N–H and O–H groups in total. The Balaban J connectivity index is 2.13. The first-order chi connectivity index (χ1) is 10.1. The monoisotopic (exact) mass is 286 g/mol. The van der Waals surface area contributed by atoms with E-state index in [0.29, 0.717) is 13.1 Å². The molecular formula is C15H18N4O2. The van der Waals surface area contributed by atoms with Crippen LogP contribution < -0.4 is 5.32 Å². The highest BCUT2D eigenvalue weighted by atomic mass is 16.6. The Kier molecular flexibility index (Phi) is 4.84. The Labute approximate surface area is 123 Å². The van der Waals surface area contributed by atoms with Crippen LogP contribution in [0.25, 0.3) is 0 Å². The van der Waals surface area contributed by atoms with Gasteiger partial charge in [0.15, 0.2) is 0 Å². The summed E-state index contributed by atoms with van der Waals surface area (Å²) in [4.78, 5) is 16.9. The van der Waals surface area contributed by atoms with E-state index >= 15 is 0 Å². The van der Waals surface area contributed by atoms with E-state index in [4.69, 9.17) is 0 Å². The lowest BCUT2D eigenvalue weighted by atomic mass is 10.1. The summed E-state index contributed by atoms with van der Waals surface area (Å²) in [6, 6.07) is 10.6. The number of hydrogen-bond donors (Lipinski definition) is 1. The number of rotatable bonds is 6. The number of nitrogens with one attached hydrogen (secondary N) is 1. The fourth-order valence-electron chi connectivity index (χ4n) is 2.18. The van der Waals surface area contributed by atoms with Crippen LogP contribution in [0.4, 0.5) is 11.4 Å². The molecule has 0 fully saturated rings. The number of nitro groups is 1. The molecular weight excluding hydrogens is 268 g/mol. The van der Waals surface area contributed by atoms with Gasteiger partial charge in [-0.05, 0) is 30.8 Å². The van der Waals surface area contributed by atoms with E-state index in [1.807, 2.05) is 32.3 Å². The molecule has 1 heterocycles. The first-order valence-electron chi connectivity index (χ1n) is 6.63. The molecule has 0 aliphatic rings. The fraction of sp³-hybridized carbons (Fsp3) is 0.267. The predicted octanol–water partition coefficient (Wildman–Crippen LogP) is 2.66. The second-order valence-electron chi connectivity index (χ2n) is 4.84. The van der Waals surface area contributed by atoms with Gasteiger partial charge in [-0.3, -0.25) is 20.0 Å². The second kappa shape index (κ2) is 6.81. The van der Waals surface area contributed by atoms with Crippen LogP contribution in [0.2, 0.25) is 0 Å². The van der Waals surface area contributed by atoms with Crippen molar-refractivity contribution < 1.29 is 4.92 Å². The van der Waals surface area contributed by atoms with Crippen LogP contribution in [-0.2, 0) is 13.1 Å².